The van der Waals surface area contributed by atoms with Crippen molar-refractivity contribution in [3.8, 4) is 5.75 Å². The fourth-order valence-electron chi connectivity index (χ4n) is 1.97. The van der Waals surface area contributed by atoms with E-state index in [9.17, 15) is 9.59 Å². The van der Waals surface area contributed by atoms with Crippen molar-refractivity contribution in [2.75, 3.05) is 18.5 Å². The highest BCUT2D eigenvalue weighted by Crippen LogP contribution is 2.32. The zero-order chi connectivity index (χ0) is 20.0. The van der Waals surface area contributed by atoms with Gasteiger partial charge in [0.25, 0.3) is 5.91 Å². The maximum Gasteiger partial charge on any atom is 0.338 e. The van der Waals surface area contributed by atoms with E-state index in [2.05, 4.69) is 5.32 Å². The molecular formula is C19H18Cl3NO4. The molecule has 2 aromatic rings. The summed E-state index contributed by atoms with van der Waals surface area (Å²) in [5.74, 6) is -0.120. The molecule has 8 heteroatoms. The second-order valence-electron chi connectivity index (χ2n) is 6.10. The summed E-state index contributed by atoms with van der Waals surface area (Å²) < 4.78 is 10.5. The van der Waals surface area contributed by atoms with E-state index < -0.39 is 18.5 Å². The molecular weight excluding hydrogens is 413 g/mol. The Hall–Kier alpha value is -1.95. The van der Waals surface area contributed by atoms with Crippen molar-refractivity contribution in [2.24, 2.45) is 5.92 Å². The molecule has 0 unspecified atom stereocenters. The zero-order valence-electron chi connectivity index (χ0n) is 14.7. The van der Waals surface area contributed by atoms with Crippen LogP contribution in [0.4, 0.5) is 5.69 Å². The first kappa shape index (κ1) is 21.4. The van der Waals surface area contributed by atoms with Crippen LogP contribution in [0.15, 0.2) is 36.4 Å². The summed E-state index contributed by atoms with van der Waals surface area (Å²) in [6.07, 6.45) is 0. The van der Waals surface area contributed by atoms with Gasteiger partial charge in [-0.3, -0.25) is 4.79 Å². The number of halogens is 3. The van der Waals surface area contributed by atoms with Crippen LogP contribution in [0.25, 0.3) is 0 Å². The number of carbonyl (C=O) groups is 2. The average Bonchev–Trinajstić information content (AvgIpc) is 2.63. The average molecular weight is 431 g/mol. The molecule has 0 bridgehead atoms. The van der Waals surface area contributed by atoms with E-state index >= 15 is 0 Å². The molecule has 0 aliphatic heterocycles. The molecule has 0 aromatic heterocycles. The Bertz CT molecular complexity index is 822. The fraction of sp³-hybridized carbons (Fsp3) is 0.263. The van der Waals surface area contributed by atoms with Gasteiger partial charge in [0.1, 0.15) is 5.75 Å². The van der Waals surface area contributed by atoms with Gasteiger partial charge in [-0.05, 0) is 42.3 Å². The quantitative estimate of drug-likeness (QED) is 0.467. The number of carbonyl (C=O) groups excluding carboxylic acids is 2. The monoisotopic (exact) mass is 429 g/mol. The lowest BCUT2D eigenvalue weighted by Gasteiger charge is -2.10. The Morgan fingerprint density at radius 3 is 2.26 bits per heavy atom. The van der Waals surface area contributed by atoms with E-state index in [1.807, 2.05) is 13.8 Å². The number of esters is 1. The van der Waals surface area contributed by atoms with Crippen molar-refractivity contribution >= 4 is 52.4 Å². The first-order chi connectivity index (χ1) is 12.8. The number of anilines is 1. The number of hydrogen-bond acceptors (Lipinski definition) is 4. The molecule has 144 valence electrons. The third-order valence-electron chi connectivity index (χ3n) is 3.29. The van der Waals surface area contributed by atoms with Crippen molar-refractivity contribution in [3.05, 3.63) is 57.0 Å². The van der Waals surface area contributed by atoms with Crippen molar-refractivity contribution < 1.29 is 19.1 Å². The molecule has 0 fully saturated rings. The molecule has 2 rings (SSSR count). The topological polar surface area (TPSA) is 64.6 Å². The molecule has 1 N–H and O–H groups in total. The van der Waals surface area contributed by atoms with Crippen LogP contribution < -0.4 is 10.1 Å². The first-order valence-corrected chi connectivity index (χ1v) is 9.24. The minimum Gasteiger partial charge on any atom is -0.493 e. The Morgan fingerprint density at radius 2 is 1.63 bits per heavy atom. The van der Waals surface area contributed by atoms with Crippen LogP contribution in [-0.2, 0) is 9.53 Å². The predicted octanol–water partition coefficient (Wildman–Crippen LogP) is 5.48. The molecule has 0 spiro atoms. The number of ether oxygens (including phenoxy) is 2. The summed E-state index contributed by atoms with van der Waals surface area (Å²) in [6.45, 7) is 4.20. The van der Waals surface area contributed by atoms with Gasteiger partial charge >= 0.3 is 5.97 Å². The van der Waals surface area contributed by atoms with E-state index in [0.29, 0.717) is 23.8 Å². The third-order valence-corrected chi connectivity index (χ3v) is 4.33. The van der Waals surface area contributed by atoms with Crippen LogP contribution in [0.2, 0.25) is 15.1 Å². The van der Waals surface area contributed by atoms with Crippen molar-refractivity contribution in [1.29, 1.82) is 0 Å². The number of hydrogen-bond donors (Lipinski definition) is 1. The van der Waals surface area contributed by atoms with Gasteiger partial charge in [-0.1, -0.05) is 48.7 Å². The molecule has 5 nitrogen and oxygen atoms in total. The maximum absolute atomic E-state index is 12.0. The maximum atomic E-state index is 12.0. The summed E-state index contributed by atoms with van der Waals surface area (Å²) >= 11 is 17.7. The van der Waals surface area contributed by atoms with Gasteiger partial charge in [-0.25, -0.2) is 4.79 Å². The van der Waals surface area contributed by atoms with E-state index in [4.69, 9.17) is 44.3 Å². The van der Waals surface area contributed by atoms with Crippen LogP contribution in [0.5, 0.6) is 5.75 Å². The SMILES string of the molecule is CC(C)COc1ccc(C(=O)OCC(=O)Nc2cc(Cl)c(Cl)cc2Cl)cc1. The minimum atomic E-state index is -0.624. The summed E-state index contributed by atoms with van der Waals surface area (Å²) in [5, 5.41) is 3.25. The highest BCUT2D eigenvalue weighted by molar-refractivity contribution is 6.44. The molecule has 1 amide bonds. The van der Waals surface area contributed by atoms with E-state index in [0.717, 1.165) is 0 Å². The van der Waals surface area contributed by atoms with Crippen molar-refractivity contribution in [3.63, 3.8) is 0 Å². The molecule has 2 aromatic carbocycles. The highest BCUT2D eigenvalue weighted by Gasteiger charge is 2.13. The van der Waals surface area contributed by atoms with Crippen LogP contribution in [-0.4, -0.2) is 25.1 Å². The normalized spacial score (nSPS) is 10.6. The Labute approximate surface area is 172 Å². The standard InChI is InChI=1S/C19H18Cl3NO4/c1-11(2)9-26-13-5-3-12(4-6-13)19(25)27-10-18(24)23-17-8-15(21)14(20)7-16(17)22/h3-8,11H,9-10H2,1-2H3,(H,23,24). The first-order valence-electron chi connectivity index (χ1n) is 8.10. The lowest BCUT2D eigenvalue weighted by molar-refractivity contribution is -0.119. The van der Waals surface area contributed by atoms with Gasteiger partial charge in [0, 0.05) is 0 Å². The second-order valence-corrected chi connectivity index (χ2v) is 7.32. The van der Waals surface area contributed by atoms with E-state index in [-0.39, 0.29) is 20.8 Å². The summed E-state index contributed by atoms with van der Waals surface area (Å²) in [7, 11) is 0. The Balaban J connectivity index is 1.87. The lowest BCUT2D eigenvalue weighted by Crippen LogP contribution is -2.21. The van der Waals surface area contributed by atoms with Gasteiger partial charge in [0.2, 0.25) is 0 Å². The van der Waals surface area contributed by atoms with E-state index in [1.165, 1.54) is 12.1 Å². The summed E-state index contributed by atoms with van der Waals surface area (Å²) in [5.41, 5.74) is 0.589. The highest BCUT2D eigenvalue weighted by atomic mass is 35.5. The molecule has 0 saturated heterocycles. The van der Waals surface area contributed by atoms with Gasteiger partial charge in [0.05, 0.1) is 32.9 Å². The summed E-state index contributed by atoms with van der Waals surface area (Å²) in [4.78, 5) is 24.0. The number of amides is 1. The zero-order valence-corrected chi connectivity index (χ0v) is 17.0. The smallest absolute Gasteiger partial charge is 0.338 e. The van der Waals surface area contributed by atoms with Crippen molar-refractivity contribution in [2.45, 2.75) is 13.8 Å². The fourth-order valence-corrected chi connectivity index (χ4v) is 2.56. The molecule has 0 aliphatic carbocycles. The Kier molecular flexibility index (Phi) is 7.78. The molecule has 0 radical (unpaired) electrons. The molecule has 0 saturated carbocycles. The third kappa shape index (κ3) is 6.61. The van der Waals surface area contributed by atoms with Gasteiger partial charge in [-0.2, -0.15) is 0 Å². The second kappa shape index (κ2) is 9.83. The lowest BCUT2D eigenvalue weighted by atomic mass is 10.2. The van der Waals surface area contributed by atoms with Gasteiger partial charge in [-0.15, -0.1) is 0 Å². The molecule has 27 heavy (non-hydrogen) atoms. The molecule has 0 heterocycles. The van der Waals surface area contributed by atoms with E-state index in [1.54, 1.807) is 24.3 Å². The molecule has 0 atom stereocenters. The predicted molar refractivity (Wildman–Crippen MR) is 107 cm³/mol. The number of rotatable bonds is 7. The molecule has 0 aliphatic rings. The minimum absolute atomic E-state index is 0.223. The number of nitrogens with one attached hydrogen (secondary N) is 1. The van der Waals surface area contributed by atoms with Gasteiger partial charge < -0.3 is 14.8 Å². The largest absolute Gasteiger partial charge is 0.493 e. The van der Waals surface area contributed by atoms with Crippen LogP contribution in [0, 0.1) is 5.92 Å². The van der Waals surface area contributed by atoms with Crippen LogP contribution in [0.1, 0.15) is 24.2 Å². The van der Waals surface area contributed by atoms with Crippen molar-refractivity contribution in [1.82, 2.24) is 0 Å². The Morgan fingerprint density at radius 1 is 1.00 bits per heavy atom. The number of benzene rings is 2. The summed E-state index contributed by atoms with van der Waals surface area (Å²) in [6, 6.07) is 9.33. The van der Waals surface area contributed by atoms with Crippen LogP contribution >= 0.6 is 34.8 Å². The van der Waals surface area contributed by atoms with Crippen LogP contribution in [0.3, 0.4) is 0 Å². The van der Waals surface area contributed by atoms with Gasteiger partial charge in [0.15, 0.2) is 6.61 Å².